The van der Waals surface area contributed by atoms with Gasteiger partial charge in [-0.1, -0.05) is 0 Å². The maximum Gasteiger partial charge on any atom is 0.315 e. The van der Waals surface area contributed by atoms with Crippen LogP contribution in [0, 0.1) is 5.92 Å². The molecule has 5 heteroatoms. The molecule has 2 aliphatic rings. The molecule has 0 bridgehead atoms. The van der Waals surface area contributed by atoms with E-state index in [4.69, 9.17) is 0 Å². The molecule has 3 atom stereocenters. The largest absolute Gasteiger partial charge is 0.338 e. The predicted octanol–water partition coefficient (Wildman–Crippen LogP) is 0.738. The Hall–Kier alpha value is -0.840. The van der Waals surface area contributed by atoms with Crippen molar-refractivity contribution in [2.24, 2.45) is 5.92 Å². The van der Waals surface area contributed by atoms with Crippen molar-refractivity contribution in [2.75, 3.05) is 26.7 Å². The van der Waals surface area contributed by atoms with Crippen molar-refractivity contribution in [2.45, 2.75) is 31.5 Å². The zero-order valence-corrected chi connectivity index (χ0v) is 9.71. The quantitative estimate of drug-likeness (QED) is 0.749. The average Bonchev–Trinajstić information content (AvgIpc) is 2.91. The molecule has 16 heavy (non-hydrogen) atoms. The third-order valence-corrected chi connectivity index (χ3v) is 3.30. The van der Waals surface area contributed by atoms with E-state index in [2.05, 4.69) is 22.6 Å². The molecule has 2 fully saturated rings. The van der Waals surface area contributed by atoms with Crippen molar-refractivity contribution in [1.29, 1.82) is 0 Å². The number of piperidine rings is 1. The second kappa shape index (κ2) is 4.99. The number of carbonyl (C=O) groups excluding carboxylic acids is 1. The highest BCUT2D eigenvalue weighted by molar-refractivity contribution is 5.74. The van der Waals surface area contributed by atoms with Crippen molar-refractivity contribution in [3.8, 4) is 0 Å². The van der Waals surface area contributed by atoms with E-state index in [1.54, 1.807) is 0 Å². The van der Waals surface area contributed by atoms with Gasteiger partial charge in [0.15, 0.2) is 0 Å². The summed E-state index contributed by atoms with van der Waals surface area (Å²) >= 11 is 0. The van der Waals surface area contributed by atoms with E-state index in [1.165, 1.54) is 12.8 Å². The molecule has 0 aromatic rings. The van der Waals surface area contributed by atoms with Crippen LogP contribution in [0.15, 0.2) is 0 Å². The fourth-order valence-corrected chi connectivity index (χ4v) is 2.21. The van der Waals surface area contributed by atoms with Gasteiger partial charge in [-0.3, -0.25) is 0 Å². The molecule has 1 aliphatic heterocycles. The summed E-state index contributed by atoms with van der Waals surface area (Å²) in [5.41, 5.74) is 0. The molecule has 0 aromatic carbocycles. The lowest BCUT2D eigenvalue weighted by Crippen LogP contribution is -2.43. The number of carbonyl (C=O) groups is 1. The maximum atomic E-state index is 12.5. The summed E-state index contributed by atoms with van der Waals surface area (Å²) < 4.78 is 12.5. The molecule has 92 valence electrons. The van der Waals surface area contributed by atoms with Gasteiger partial charge < -0.3 is 15.5 Å². The average molecular weight is 229 g/mol. The molecule has 1 saturated heterocycles. The summed E-state index contributed by atoms with van der Waals surface area (Å²) in [5.74, 6) is 0.532. The summed E-state index contributed by atoms with van der Waals surface area (Å²) in [6, 6.07) is -0.465. The number of hydrogen-bond acceptors (Lipinski definition) is 2. The third-order valence-electron chi connectivity index (χ3n) is 3.30. The van der Waals surface area contributed by atoms with Crippen LogP contribution in [-0.4, -0.2) is 49.8 Å². The SMILES string of the molecule is CN1CCCC(CNC(=O)NC2C[C@H]2F)C1. The third kappa shape index (κ3) is 3.33. The van der Waals surface area contributed by atoms with E-state index in [0.29, 0.717) is 18.9 Å². The summed E-state index contributed by atoms with van der Waals surface area (Å²) in [6.45, 7) is 2.88. The van der Waals surface area contributed by atoms with Crippen LogP contribution in [0.25, 0.3) is 0 Å². The van der Waals surface area contributed by atoms with Crippen LogP contribution < -0.4 is 10.6 Å². The standard InChI is InChI=1S/C11H20FN3O/c1-15-4-2-3-8(7-15)6-13-11(16)14-10-5-9(10)12/h8-10H,2-7H2,1H3,(H2,13,14,16)/t8?,9-,10?/m1/s1. The van der Waals surface area contributed by atoms with Crippen molar-refractivity contribution < 1.29 is 9.18 Å². The van der Waals surface area contributed by atoms with E-state index >= 15 is 0 Å². The minimum absolute atomic E-state index is 0.224. The van der Waals surface area contributed by atoms with Gasteiger partial charge in [-0.2, -0.15) is 0 Å². The van der Waals surface area contributed by atoms with E-state index < -0.39 is 6.17 Å². The summed E-state index contributed by atoms with van der Waals surface area (Å²) in [5, 5.41) is 5.44. The molecule has 2 rings (SSSR count). The highest BCUT2D eigenvalue weighted by atomic mass is 19.1. The second-order valence-corrected chi connectivity index (χ2v) is 4.98. The second-order valence-electron chi connectivity index (χ2n) is 4.98. The first-order valence-corrected chi connectivity index (χ1v) is 6.02. The number of alkyl halides is 1. The number of rotatable bonds is 3. The molecule has 0 radical (unpaired) electrons. The monoisotopic (exact) mass is 229 g/mol. The Balaban J connectivity index is 1.60. The molecule has 2 unspecified atom stereocenters. The number of amides is 2. The molecule has 1 saturated carbocycles. The molecule has 1 aliphatic carbocycles. The van der Waals surface area contributed by atoms with Crippen molar-refractivity contribution >= 4 is 6.03 Å². The number of nitrogens with zero attached hydrogens (tertiary/aromatic N) is 1. The van der Waals surface area contributed by atoms with Crippen molar-refractivity contribution in [3.63, 3.8) is 0 Å². The fraction of sp³-hybridized carbons (Fsp3) is 0.909. The predicted molar refractivity (Wildman–Crippen MR) is 60.1 cm³/mol. The van der Waals surface area contributed by atoms with Crippen molar-refractivity contribution in [1.82, 2.24) is 15.5 Å². The number of hydrogen-bond donors (Lipinski definition) is 2. The molecule has 0 aromatic heterocycles. The minimum Gasteiger partial charge on any atom is -0.338 e. The van der Waals surface area contributed by atoms with Crippen LogP contribution in [0.5, 0.6) is 0 Å². The van der Waals surface area contributed by atoms with Crippen LogP contribution in [0.2, 0.25) is 0 Å². The van der Waals surface area contributed by atoms with Gasteiger partial charge in [-0.25, -0.2) is 9.18 Å². The Kier molecular flexibility index (Phi) is 3.63. The summed E-state index contributed by atoms with van der Waals surface area (Å²) in [4.78, 5) is 13.6. The van der Waals surface area contributed by atoms with Gasteiger partial charge in [0.25, 0.3) is 0 Å². The Morgan fingerprint density at radius 1 is 1.56 bits per heavy atom. The topological polar surface area (TPSA) is 44.4 Å². The van der Waals surface area contributed by atoms with Gasteiger partial charge in [0.1, 0.15) is 6.17 Å². The van der Waals surface area contributed by atoms with Gasteiger partial charge in [0.05, 0.1) is 6.04 Å². The zero-order valence-electron chi connectivity index (χ0n) is 9.71. The Morgan fingerprint density at radius 2 is 2.31 bits per heavy atom. The highest BCUT2D eigenvalue weighted by Crippen LogP contribution is 2.24. The lowest BCUT2D eigenvalue weighted by atomic mass is 9.99. The molecule has 0 spiro atoms. The number of urea groups is 1. The maximum absolute atomic E-state index is 12.5. The smallest absolute Gasteiger partial charge is 0.315 e. The fourth-order valence-electron chi connectivity index (χ4n) is 2.21. The van der Waals surface area contributed by atoms with Crippen LogP contribution in [0.4, 0.5) is 9.18 Å². The summed E-state index contributed by atoms with van der Waals surface area (Å²) in [6.07, 6.45) is 2.01. The van der Waals surface area contributed by atoms with E-state index in [-0.39, 0.29) is 12.1 Å². The zero-order chi connectivity index (χ0) is 11.5. The molecule has 1 heterocycles. The molecular weight excluding hydrogens is 209 g/mol. The normalized spacial score (nSPS) is 34.5. The van der Waals surface area contributed by atoms with Gasteiger partial charge in [0.2, 0.25) is 0 Å². The van der Waals surface area contributed by atoms with Gasteiger partial charge in [-0.15, -0.1) is 0 Å². The van der Waals surface area contributed by atoms with Crippen LogP contribution in [-0.2, 0) is 0 Å². The number of nitrogens with one attached hydrogen (secondary N) is 2. The Morgan fingerprint density at radius 3 is 2.94 bits per heavy atom. The van der Waals surface area contributed by atoms with Crippen molar-refractivity contribution in [3.05, 3.63) is 0 Å². The highest BCUT2D eigenvalue weighted by Gasteiger charge is 2.38. The van der Waals surface area contributed by atoms with E-state index in [1.807, 2.05) is 0 Å². The Bertz CT molecular complexity index is 262. The summed E-state index contributed by atoms with van der Waals surface area (Å²) in [7, 11) is 2.10. The number of halogens is 1. The lowest BCUT2D eigenvalue weighted by Gasteiger charge is -2.29. The van der Waals surface area contributed by atoms with E-state index in [0.717, 1.165) is 13.1 Å². The molecular formula is C11H20FN3O. The molecule has 4 nitrogen and oxygen atoms in total. The first-order valence-electron chi connectivity index (χ1n) is 6.02. The van der Waals surface area contributed by atoms with Crippen LogP contribution in [0.3, 0.4) is 0 Å². The van der Waals surface area contributed by atoms with Crippen LogP contribution >= 0.6 is 0 Å². The first kappa shape index (κ1) is 11.6. The van der Waals surface area contributed by atoms with Crippen LogP contribution in [0.1, 0.15) is 19.3 Å². The number of likely N-dealkylation sites (tertiary alicyclic amines) is 1. The van der Waals surface area contributed by atoms with Gasteiger partial charge in [-0.05, 0) is 32.4 Å². The Labute approximate surface area is 95.6 Å². The van der Waals surface area contributed by atoms with E-state index in [9.17, 15) is 9.18 Å². The molecule has 2 amide bonds. The first-order chi connectivity index (χ1) is 7.65. The van der Waals surface area contributed by atoms with Gasteiger partial charge in [0, 0.05) is 19.5 Å². The molecule has 2 N–H and O–H groups in total. The van der Waals surface area contributed by atoms with Gasteiger partial charge >= 0.3 is 6.03 Å². The lowest BCUT2D eigenvalue weighted by molar-refractivity contribution is 0.201. The minimum atomic E-state index is -0.827.